The van der Waals surface area contributed by atoms with Crippen LogP contribution in [-0.4, -0.2) is 37.5 Å². The lowest BCUT2D eigenvalue weighted by Crippen LogP contribution is -2.54. The molecule has 1 aliphatic heterocycles. The van der Waals surface area contributed by atoms with Gasteiger partial charge in [0, 0.05) is 10.2 Å². The van der Waals surface area contributed by atoms with Crippen LogP contribution in [0.4, 0.5) is 16.2 Å². The van der Waals surface area contributed by atoms with Gasteiger partial charge in [0.25, 0.3) is 17.7 Å². The Kier molecular flexibility index (Phi) is 7.92. The fraction of sp³-hybridized carbons (Fsp3) is 0.143. The topological polar surface area (TPSA) is 114 Å². The molecule has 0 unspecified atom stereocenters. The number of urea groups is 1. The summed E-state index contributed by atoms with van der Waals surface area (Å²) in [6.07, 6.45) is 1.36. The Bertz CT molecular complexity index is 1470. The van der Waals surface area contributed by atoms with Crippen molar-refractivity contribution >= 4 is 57.1 Å². The zero-order chi connectivity index (χ0) is 27.4. The number of nitrogens with zero attached hydrogens (tertiary/aromatic N) is 1. The molecule has 2 N–H and O–H groups in total. The Morgan fingerprint density at radius 2 is 1.76 bits per heavy atom. The summed E-state index contributed by atoms with van der Waals surface area (Å²) in [5, 5.41) is 5.02. The van der Waals surface area contributed by atoms with Crippen LogP contribution in [-0.2, 0) is 14.4 Å². The molecule has 0 bridgehead atoms. The molecule has 1 heterocycles. The number of imide groups is 2. The van der Waals surface area contributed by atoms with E-state index in [0.717, 1.165) is 20.5 Å². The number of halogens is 1. The molecule has 38 heavy (non-hydrogen) atoms. The molecule has 4 rings (SSSR count). The van der Waals surface area contributed by atoms with Crippen LogP contribution in [0.15, 0.2) is 70.7 Å². The monoisotopic (exact) mass is 577 g/mol. The van der Waals surface area contributed by atoms with Gasteiger partial charge in [-0.25, -0.2) is 9.69 Å². The second-order valence-electron chi connectivity index (χ2n) is 8.43. The van der Waals surface area contributed by atoms with Crippen LogP contribution in [0.2, 0.25) is 0 Å². The fourth-order valence-electron chi connectivity index (χ4n) is 3.76. The normalized spacial score (nSPS) is 14.4. The molecular weight excluding hydrogens is 554 g/mol. The van der Waals surface area contributed by atoms with Crippen molar-refractivity contribution in [1.82, 2.24) is 5.32 Å². The Labute approximate surface area is 227 Å². The Morgan fingerprint density at radius 1 is 1.03 bits per heavy atom. The first-order valence-electron chi connectivity index (χ1n) is 11.5. The summed E-state index contributed by atoms with van der Waals surface area (Å²) >= 11 is 3.31. The predicted octanol–water partition coefficient (Wildman–Crippen LogP) is 4.76. The van der Waals surface area contributed by atoms with Gasteiger partial charge in [-0.15, -0.1) is 0 Å². The number of hydrogen-bond donors (Lipinski definition) is 2. The molecule has 5 amide bonds. The molecular formula is C28H24BrN3O6. The van der Waals surface area contributed by atoms with Crippen LogP contribution in [0.25, 0.3) is 6.08 Å². The summed E-state index contributed by atoms with van der Waals surface area (Å²) in [5.41, 5.74) is 3.28. The lowest BCUT2D eigenvalue weighted by atomic mass is 10.1. The molecule has 0 saturated carbocycles. The number of barbiturate groups is 1. The zero-order valence-corrected chi connectivity index (χ0v) is 22.4. The van der Waals surface area contributed by atoms with E-state index in [1.54, 1.807) is 42.5 Å². The number of amides is 5. The van der Waals surface area contributed by atoms with Gasteiger partial charge in [0.2, 0.25) is 0 Å². The summed E-state index contributed by atoms with van der Waals surface area (Å²) in [4.78, 5) is 51.3. The van der Waals surface area contributed by atoms with Crippen molar-refractivity contribution in [3.05, 3.63) is 87.4 Å². The fourth-order valence-corrected chi connectivity index (χ4v) is 4.02. The first-order valence-corrected chi connectivity index (χ1v) is 12.3. The molecule has 0 spiro atoms. The average Bonchev–Trinajstić information content (AvgIpc) is 2.89. The number of rotatable bonds is 7. The highest BCUT2D eigenvalue weighted by Crippen LogP contribution is 2.30. The molecule has 1 aliphatic rings. The van der Waals surface area contributed by atoms with Crippen LogP contribution in [0.5, 0.6) is 11.5 Å². The predicted molar refractivity (Wildman–Crippen MR) is 146 cm³/mol. The van der Waals surface area contributed by atoms with Crippen LogP contribution in [0, 0.1) is 13.8 Å². The van der Waals surface area contributed by atoms with Crippen molar-refractivity contribution in [1.29, 1.82) is 0 Å². The molecule has 10 heteroatoms. The first-order chi connectivity index (χ1) is 18.2. The van der Waals surface area contributed by atoms with E-state index in [-0.39, 0.29) is 18.1 Å². The molecule has 1 fully saturated rings. The van der Waals surface area contributed by atoms with Gasteiger partial charge in [0.1, 0.15) is 5.57 Å². The van der Waals surface area contributed by atoms with E-state index in [1.807, 2.05) is 32.0 Å². The van der Waals surface area contributed by atoms with Crippen molar-refractivity contribution in [2.45, 2.75) is 13.8 Å². The number of methoxy groups -OCH3 is 1. The molecule has 3 aromatic rings. The van der Waals surface area contributed by atoms with E-state index >= 15 is 0 Å². The van der Waals surface area contributed by atoms with Gasteiger partial charge in [-0.05, 0) is 79.1 Å². The van der Waals surface area contributed by atoms with Crippen LogP contribution < -0.4 is 25.0 Å². The Balaban J connectivity index is 1.51. The lowest BCUT2D eigenvalue weighted by Gasteiger charge is -2.26. The van der Waals surface area contributed by atoms with Crippen LogP contribution in [0.3, 0.4) is 0 Å². The molecule has 0 aliphatic carbocycles. The van der Waals surface area contributed by atoms with Gasteiger partial charge in [-0.1, -0.05) is 34.1 Å². The van der Waals surface area contributed by atoms with Crippen LogP contribution in [0.1, 0.15) is 16.7 Å². The smallest absolute Gasteiger partial charge is 0.335 e. The van der Waals surface area contributed by atoms with Gasteiger partial charge < -0.3 is 14.8 Å². The summed E-state index contributed by atoms with van der Waals surface area (Å²) in [7, 11) is 1.43. The van der Waals surface area contributed by atoms with Gasteiger partial charge in [0.15, 0.2) is 18.1 Å². The number of nitrogens with one attached hydrogen (secondary N) is 2. The molecule has 0 radical (unpaired) electrons. The minimum absolute atomic E-state index is 0.226. The highest BCUT2D eigenvalue weighted by molar-refractivity contribution is 9.10. The van der Waals surface area contributed by atoms with E-state index in [1.165, 1.54) is 13.2 Å². The van der Waals surface area contributed by atoms with E-state index in [0.29, 0.717) is 28.4 Å². The SMILES string of the molecule is COc1cc(/C=C2\C(=O)NC(=O)N(c3ccc(Br)cc3)C2=O)ccc1OCC(=O)Nc1cccc(C)c1C. The Hall–Kier alpha value is -4.44. The summed E-state index contributed by atoms with van der Waals surface area (Å²) in [6.45, 7) is 3.63. The number of ether oxygens (including phenoxy) is 2. The van der Waals surface area contributed by atoms with Crippen molar-refractivity contribution in [2.75, 3.05) is 23.9 Å². The largest absolute Gasteiger partial charge is 0.493 e. The summed E-state index contributed by atoms with van der Waals surface area (Å²) in [6, 6.07) is 16.1. The maximum atomic E-state index is 13.1. The quantitative estimate of drug-likeness (QED) is 0.309. The lowest BCUT2D eigenvalue weighted by molar-refractivity contribution is -0.122. The van der Waals surface area contributed by atoms with Gasteiger partial charge in [0.05, 0.1) is 12.8 Å². The number of anilines is 2. The van der Waals surface area contributed by atoms with Gasteiger partial charge >= 0.3 is 6.03 Å². The van der Waals surface area contributed by atoms with E-state index < -0.39 is 17.8 Å². The number of carbonyl (C=O) groups excluding carboxylic acids is 4. The minimum atomic E-state index is -0.833. The third kappa shape index (κ3) is 5.76. The second-order valence-corrected chi connectivity index (χ2v) is 9.34. The molecule has 3 aromatic carbocycles. The van der Waals surface area contributed by atoms with Crippen molar-refractivity contribution in [2.24, 2.45) is 0 Å². The highest BCUT2D eigenvalue weighted by Gasteiger charge is 2.36. The van der Waals surface area contributed by atoms with E-state index in [2.05, 4.69) is 26.6 Å². The molecule has 1 saturated heterocycles. The molecule has 0 atom stereocenters. The number of carbonyl (C=O) groups is 4. The molecule has 0 aromatic heterocycles. The second kappa shape index (κ2) is 11.3. The van der Waals surface area contributed by atoms with Crippen molar-refractivity contribution in [3.8, 4) is 11.5 Å². The van der Waals surface area contributed by atoms with Crippen molar-refractivity contribution < 1.29 is 28.7 Å². The third-order valence-electron chi connectivity index (χ3n) is 5.92. The summed E-state index contributed by atoms with van der Waals surface area (Å²) in [5.74, 6) is -1.31. The van der Waals surface area contributed by atoms with Gasteiger partial charge in [-0.2, -0.15) is 0 Å². The number of benzene rings is 3. The molecule has 194 valence electrons. The number of aryl methyl sites for hydroxylation is 1. The standard InChI is InChI=1S/C28H24BrN3O6/c1-16-5-4-6-22(17(16)2)30-25(33)15-38-23-12-7-18(14-24(23)37-3)13-21-26(34)31-28(36)32(27(21)35)20-10-8-19(29)9-11-20/h4-14H,15H2,1-3H3,(H,30,33)(H,31,34,36)/b21-13+. The third-order valence-corrected chi connectivity index (χ3v) is 6.45. The zero-order valence-electron chi connectivity index (χ0n) is 20.8. The summed E-state index contributed by atoms with van der Waals surface area (Å²) < 4.78 is 11.8. The van der Waals surface area contributed by atoms with E-state index in [9.17, 15) is 19.2 Å². The molecule has 9 nitrogen and oxygen atoms in total. The van der Waals surface area contributed by atoms with Crippen LogP contribution >= 0.6 is 15.9 Å². The van der Waals surface area contributed by atoms with E-state index in [4.69, 9.17) is 9.47 Å². The van der Waals surface area contributed by atoms with Gasteiger partial charge in [-0.3, -0.25) is 19.7 Å². The minimum Gasteiger partial charge on any atom is -0.493 e. The highest BCUT2D eigenvalue weighted by atomic mass is 79.9. The number of hydrogen-bond acceptors (Lipinski definition) is 6. The van der Waals surface area contributed by atoms with Crippen molar-refractivity contribution in [3.63, 3.8) is 0 Å². The maximum absolute atomic E-state index is 13.1. The maximum Gasteiger partial charge on any atom is 0.335 e. The Morgan fingerprint density at radius 3 is 2.47 bits per heavy atom. The average molecular weight is 578 g/mol. The first kappa shape index (κ1) is 26.6.